The minimum Gasteiger partial charge on any atom is -0.479 e. The first kappa shape index (κ1) is 14.0. The lowest BCUT2D eigenvalue weighted by molar-refractivity contribution is -0.151. The Balaban J connectivity index is 2.26. The van der Waals surface area contributed by atoms with Gasteiger partial charge < -0.3 is 15.7 Å². The molecule has 1 aromatic heterocycles. The van der Waals surface area contributed by atoms with Gasteiger partial charge in [-0.3, -0.25) is 4.79 Å². The third-order valence-electron chi connectivity index (χ3n) is 3.40. The van der Waals surface area contributed by atoms with Gasteiger partial charge in [-0.25, -0.2) is 4.79 Å². The maximum atomic E-state index is 12.3. The summed E-state index contributed by atoms with van der Waals surface area (Å²) in [5, 5.41) is 11.3. The van der Waals surface area contributed by atoms with Gasteiger partial charge in [0.1, 0.15) is 0 Å². The van der Waals surface area contributed by atoms with Crippen LogP contribution in [0.3, 0.4) is 0 Å². The Morgan fingerprint density at radius 3 is 3.00 bits per heavy atom. The van der Waals surface area contributed by atoms with Crippen molar-refractivity contribution in [3.63, 3.8) is 0 Å². The zero-order chi connectivity index (χ0) is 14.0. The number of hydrogen-bond acceptors (Lipinski definition) is 4. The van der Waals surface area contributed by atoms with Gasteiger partial charge in [0, 0.05) is 11.4 Å². The summed E-state index contributed by atoms with van der Waals surface area (Å²) >= 11 is 1.55. The molecule has 1 aromatic rings. The Morgan fingerprint density at radius 1 is 1.63 bits per heavy atom. The first-order valence-electron chi connectivity index (χ1n) is 6.41. The number of nitrogens with two attached hydrogens (primary N) is 1. The van der Waals surface area contributed by atoms with Crippen molar-refractivity contribution in [1.29, 1.82) is 0 Å². The Kier molecular flexibility index (Phi) is 4.21. The van der Waals surface area contributed by atoms with E-state index in [0.717, 1.165) is 16.9 Å². The second kappa shape index (κ2) is 5.71. The zero-order valence-corrected chi connectivity index (χ0v) is 11.7. The monoisotopic (exact) mass is 282 g/mol. The van der Waals surface area contributed by atoms with Crippen LogP contribution in [0.1, 0.15) is 36.2 Å². The fourth-order valence-electron chi connectivity index (χ4n) is 2.47. The van der Waals surface area contributed by atoms with Crippen LogP contribution in [0.15, 0.2) is 11.4 Å². The molecule has 0 radical (unpaired) electrons. The molecule has 6 heteroatoms. The molecule has 0 spiro atoms. The molecule has 2 rings (SSSR count). The molecule has 0 aliphatic carbocycles. The van der Waals surface area contributed by atoms with Crippen molar-refractivity contribution in [3.8, 4) is 0 Å². The lowest BCUT2D eigenvalue weighted by atomic mass is 9.98. The second-order valence-electron chi connectivity index (χ2n) is 4.72. The molecule has 1 aliphatic heterocycles. The van der Waals surface area contributed by atoms with Gasteiger partial charge in [-0.1, -0.05) is 13.3 Å². The molecule has 1 aliphatic rings. The van der Waals surface area contributed by atoms with Crippen LogP contribution in [0, 0.1) is 0 Å². The van der Waals surface area contributed by atoms with Gasteiger partial charge in [0.2, 0.25) is 5.91 Å². The van der Waals surface area contributed by atoms with E-state index in [2.05, 4.69) is 0 Å². The fourth-order valence-corrected chi connectivity index (χ4v) is 3.37. The molecule has 1 amide bonds. The Morgan fingerprint density at radius 2 is 2.37 bits per heavy atom. The van der Waals surface area contributed by atoms with Crippen molar-refractivity contribution in [2.75, 3.05) is 6.54 Å². The molecule has 104 valence electrons. The highest BCUT2D eigenvalue weighted by Gasteiger charge is 2.37. The Bertz CT molecular complexity index is 486. The standard InChI is InChI=1S/C13H18N2O3S/c1-2-3-9(14)12(16)15-6-4-10-8(5-7-19-10)11(15)13(17)18/h5,7,9,11H,2-4,6,14H2,1H3,(H,17,18). The highest BCUT2D eigenvalue weighted by Crippen LogP contribution is 2.33. The smallest absolute Gasteiger partial charge is 0.331 e. The lowest BCUT2D eigenvalue weighted by Crippen LogP contribution is -2.49. The molecular weight excluding hydrogens is 264 g/mol. The van der Waals surface area contributed by atoms with E-state index >= 15 is 0 Å². The van der Waals surface area contributed by atoms with Crippen LogP contribution in [0.5, 0.6) is 0 Å². The quantitative estimate of drug-likeness (QED) is 0.874. The van der Waals surface area contributed by atoms with Crippen LogP contribution in [-0.2, 0) is 16.0 Å². The summed E-state index contributed by atoms with van der Waals surface area (Å²) in [5.74, 6) is -1.25. The first-order valence-corrected chi connectivity index (χ1v) is 7.29. The number of rotatable bonds is 4. The molecular formula is C13H18N2O3S. The number of carboxylic acids is 1. The molecule has 2 heterocycles. The summed E-state index contributed by atoms with van der Waals surface area (Å²) in [6, 6.07) is 0.307. The van der Waals surface area contributed by atoms with Crippen molar-refractivity contribution in [1.82, 2.24) is 4.90 Å². The molecule has 0 fully saturated rings. The van der Waals surface area contributed by atoms with Gasteiger partial charge in [-0.2, -0.15) is 0 Å². The zero-order valence-electron chi connectivity index (χ0n) is 10.8. The normalized spacial score (nSPS) is 19.9. The number of carbonyl (C=O) groups excluding carboxylic acids is 1. The summed E-state index contributed by atoms with van der Waals surface area (Å²) < 4.78 is 0. The number of hydrogen-bond donors (Lipinski definition) is 2. The predicted octanol–water partition coefficient (Wildman–Crippen LogP) is 1.39. The molecule has 2 unspecified atom stereocenters. The molecule has 3 N–H and O–H groups in total. The SMILES string of the molecule is CCCC(N)C(=O)N1CCc2sccc2C1C(=O)O. The van der Waals surface area contributed by atoms with Crippen molar-refractivity contribution in [3.05, 3.63) is 21.9 Å². The number of carbonyl (C=O) groups is 2. The highest BCUT2D eigenvalue weighted by molar-refractivity contribution is 7.10. The van der Waals surface area contributed by atoms with Crippen LogP contribution in [0.4, 0.5) is 0 Å². The largest absolute Gasteiger partial charge is 0.479 e. The minimum absolute atomic E-state index is 0.258. The van der Waals surface area contributed by atoms with Crippen molar-refractivity contribution in [2.45, 2.75) is 38.3 Å². The Labute approximate surface area is 116 Å². The van der Waals surface area contributed by atoms with E-state index in [9.17, 15) is 14.7 Å². The summed E-state index contributed by atoms with van der Waals surface area (Å²) in [7, 11) is 0. The van der Waals surface area contributed by atoms with E-state index in [4.69, 9.17) is 5.73 Å². The fraction of sp³-hybridized carbons (Fsp3) is 0.538. The average Bonchev–Trinajstić information content (AvgIpc) is 2.84. The van der Waals surface area contributed by atoms with E-state index in [1.165, 1.54) is 4.90 Å². The maximum Gasteiger partial charge on any atom is 0.331 e. The molecule has 2 atom stereocenters. The van der Waals surface area contributed by atoms with E-state index in [1.54, 1.807) is 17.4 Å². The van der Waals surface area contributed by atoms with Gasteiger partial charge in [0.05, 0.1) is 6.04 Å². The predicted molar refractivity (Wildman–Crippen MR) is 73.0 cm³/mol. The van der Waals surface area contributed by atoms with Gasteiger partial charge in [-0.15, -0.1) is 11.3 Å². The molecule has 0 saturated carbocycles. The van der Waals surface area contributed by atoms with Crippen LogP contribution in [0.2, 0.25) is 0 Å². The second-order valence-corrected chi connectivity index (χ2v) is 5.72. The maximum absolute atomic E-state index is 12.3. The molecule has 0 saturated heterocycles. The van der Waals surface area contributed by atoms with Crippen LogP contribution in [-0.4, -0.2) is 34.5 Å². The lowest BCUT2D eigenvalue weighted by Gasteiger charge is -2.34. The molecule has 19 heavy (non-hydrogen) atoms. The number of thiophene rings is 1. The van der Waals surface area contributed by atoms with Crippen molar-refractivity contribution in [2.24, 2.45) is 5.73 Å². The van der Waals surface area contributed by atoms with E-state index in [-0.39, 0.29) is 5.91 Å². The van der Waals surface area contributed by atoms with E-state index < -0.39 is 18.1 Å². The molecule has 0 bridgehead atoms. The third kappa shape index (κ3) is 2.64. The van der Waals surface area contributed by atoms with Crippen molar-refractivity contribution >= 4 is 23.2 Å². The van der Waals surface area contributed by atoms with Crippen LogP contribution >= 0.6 is 11.3 Å². The van der Waals surface area contributed by atoms with Crippen LogP contribution in [0.25, 0.3) is 0 Å². The topological polar surface area (TPSA) is 83.6 Å². The van der Waals surface area contributed by atoms with Gasteiger partial charge in [0.15, 0.2) is 6.04 Å². The van der Waals surface area contributed by atoms with Crippen LogP contribution < -0.4 is 5.73 Å². The summed E-state index contributed by atoms with van der Waals surface area (Å²) in [6.45, 7) is 2.38. The minimum atomic E-state index is -0.989. The molecule has 5 nitrogen and oxygen atoms in total. The summed E-state index contributed by atoms with van der Waals surface area (Å²) in [5.41, 5.74) is 6.57. The van der Waals surface area contributed by atoms with E-state index in [1.807, 2.05) is 12.3 Å². The van der Waals surface area contributed by atoms with Gasteiger partial charge in [0.25, 0.3) is 0 Å². The van der Waals surface area contributed by atoms with E-state index in [0.29, 0.717) is 19.4 Å². The third-order valence-corrected chi connectivity index (χ3v) is 4.40. The molecule has 0 aromatic carbocycles. The number of aliphatic carboxylic acids is 1. The highest BCUT2D eigenvalue weighted by atomic mass is 32.1. The average molecular weight is 282 g/mol. The Hall–Kier alpha value is -1.40. The van der Waals surface area contributed by atoms with Gasteiger partial charge >= 0.3 is 5.97 Å². The summed E-state index contributed by atoms with van der Waals surface area (Å²) in [4.78, 5) is 26.2. The number of nitrogens with zero attached hydrogens (tertiary/aromatic N) is 1. The number of fused-ring (bicyclic) bond motifs is 1. The first-order chi connectivity index (χ1) is 9.06. The summed E-state index contributed by atoms with van der Waals surface area (Å²) in [6.07, 6.45) is 2.10. The number of carboxylic acid groups (broad SMARTS) is 1. The number of amides is 1. The van der Waals surface area contributed by atoms with Gasteiger partial charge in [-0.05, 0) is 29.9 Å². The van der Waals surface area contributed by atoms with Crippen molar-refractivity contribution < 1.29 is 14.7 Å².